The molecule has 3 rings (SSSR count). The minimum Gasteiger partial charge on any atom is -0.468 e. The van der Waals surface area contributed by atoms with Crippen molar-refractivity contribution in [2.75, 3.05) is 27.4 Å². The van der Waals surface area contributed by atoms with Gasteiger partial charge in [0.15, 0.2) is 0 Å². The molecule has 120 valence electrons. The average Bonchev–Trinajstić information content (AvgIpc) is 3.15. The highest BCUT2D eigenvalue weighted by atomic mass is 16.5. The second kappa shape index (κ2) is 6.23. The maximum atomic E-state index is 12.4. The fourth-order valence-electron chi connectivity index (χ4n) is 3.92. The Balaban J connectivity index is 1.70. The average molecular weight is 296 g/mol. The molecule has 3 atom stereocenters. The number of hydrogen-bond donors (Lipinski definition) is 1. The summed E-state index contributed by atoms with van der Waals surface area (Å²) in [5.74, 6) is -0.0739. The molecular formula is C16H28N2O3. The first kappa shape index (κ1) is 15.3. The lowest BCUT2D eigenvalue weighted by Crippen LogP contribution is -2.60. The predicted molar refractivity (Wildman–Crippen MR) is 80.1 cm³/mol. The number of likely N-dealkylation sites (N-methyl/N-ethyl adjacent to an activating group) is 1. The van der Waals surface area contributed by atoms with Crippen LogP contribution in [0.2, 0.25) is 0 Å². The highest BCUT2D eigenvalue weighted by Crippen LogP contribution is 2.36. The SMILES string of the molecule is COC(=O)C1(NC2CC2)CCCC(N(C)C2CCOC2)C1. The molecule has 3 aliphatic rings. The van der Waals surface area contributed by atoms with Gasteiger partial charge in [-0.3, -0.25) is 15.0 Å². The van der Waals surface area contributed by atoms with Crippen molar-refractivity contribution in [2.24, 2.45) is 0 Å². The van der Waals surface area contributed by atoms with Crippen LogP contribution >= 0.6 is 0 Å². The van der Waals surface area contributed by atoms with E-state index in [1.165, 1.54) is 20.0 Å². The van der Waals surface area contributed by atoms with E-state index in [0.717, 1.165) is 45.3 Å². The van der Waals surface area contributed by atoms with Crippen molar-refractivity contribution < 1.29 is 14.3 Å². The van der Waals surface area contributed by atoms with Crippen LogP contribution in [0.25, 0.3) is 0 Å². The van der Waals surface area contributed by atoms with Gasteiger partial charge in [-0.2, -0.15) is 0 Å². The van der Waals surface area contributed by atoms with Crippen LogP contribution in [-0.4, -0.2) is 61.9 Å². The summed E-state index contributed by atoms with van der Waals surface area (Å²) in [6.45, 7) is 1.69. The lowest BCUT2D eigenvalue weighted by Gasteiger charge is -2.44. The Morgan fingerprint density at radius 1 is 1.29 bits per heavy atom. The number of methoxy groups -OCH3 is 1. The van der Waals surface area contributed by atoms with Gasteiger partial charge in [0, 0.05) is 24.7 Å². The van der Waals surface area contributed by atoms with Crippen molar-refractivity contribution in [3.8, 4) is 0 Å². The maximum absolute atomic E-state index is 12.4. The van der Waals surface area contributed by atoms with Gasteiger partial charge in [-0.25, -0.2) is 0 Å². The van der Waals surface area contributed by atoms with Crippen LogP contribution in [0.5, 0.6) is 0 Å². The van der Waals surface area contributed by atoms with Gasteiger partial charge >= 0.3 is 5.97 Å². The molecule has 5 heteroatoms. The fourth-order valence-corrected chi connectivity index (χ4v) is 3.92. The molecule has 0 aromatic heterocycles. The number of rotatable bonds is 5. The van der Waals surface area contributed by atoms with E-state index in [0.29, 0.717) is 18.1 Å². The van der Waals surface area contributed by atoms with Crippen LogP contribution in [0, 0.1) is 0 Å². The van der Waals surface area contributed by atoms with Crippen LogP contribution in [0.3, 0.4) is 0 Å². The summed E-state index contributed by atoms with van der Waals surface area (Å²) in [4.78, 5) is 14.9. The van der Waals surface area contributed by atoms with Gasteiger partial charge in [-0.15, -0.1) is 0 Å². The number of esters is 1. The van der Waals surface area contributed by atoms with Crippen molar-refractivity contribution in [1.82, 2.24) is 10.2 Å². The zero-order chi connectivity index (χ0) is 14.9. The molecule has 1 N–H and O–H groups in total. The summed E-state index contributed by atoms with van der Waals surface area (Å²) in [5.41, 5.74) is -0.466. The second-order valence-electron chi connectivity index (χ2n) is 6.93. The van der Waals surface area contributed by atoms with Crippen molar-refractivity contribution in [2.45, 2.75) is 68.6 Å². The molecule has 0 radical (unpaired) electrons. The van der Waals surface area contributed by atoms with E-state index in [9.17, 15) is 4.79 Å². The monoisotopic (exact) mass is 296 g/mol. The van der Waals surface area contributed by atoms with Gasteiger partial charge in [0.05, 0.1) is 13.7 Å². The van der Waals surface area contributed by atoms with E-state index in [1.807, 2.05) is 0 Å². The van der Waals surface area contributed by atoms with Gasteiger partial charge in [0.1, 0.15) is 5.54 Å². The first-order valence-corrected chi connectivity index (χ1v) is 8.30. The van der Waals surface area contributed by atoms with Gasteiger partial charge < -0.3 is 9.47 Å². The van der Waals surface area contributed by atoms with Gasteiger partial charge in [0.25, 0.3) is 0 Å². The molecule has 5 nitrogen and oxygen atoms in total. The Morgan fingerprint density at radius 3 is 2.71 bits per heavy atom. The standard InChI is InChI=1S/C16H28N2O3/c1-18(14-7-9-21-11-14)13-4-3-8-16(10-13,15(19)20-2)17-12-5-6-12/h12-14,17H,3-11H2,1-2H3. The third kappa shape index (κ3) is 3.25. The van der Waals surface area contributed by atoms with E-state index < -0.39 is 5.54 Å². The Morgan fingerprint density at radius 2 is 2.10 bits per heavy atom. The molecule has 0 aromatic carbocycles. The third-order valence-corrected chi connectivity index (χ3v) is 5.42. The summed E-state index contributed by atoms with van der Waals surface area (Å²) in [5, 5.41) is 3.60. The Kier molecular flexibility index (Phi) is 4.52. The molecular weight excluding hydrogens is 268 g/mol. The number of carbonyl (C=O) groups excluding carboxylic acids is 1. The smallest absolute Gasteiger partial charge is 0.326 e. The lowest BCUT2D eigenvalue weighted by atomic mass is 9.78. The van der Waals surface area contributed by atoms with Gasteiger partial charge in [-0.05, 0) is 52.0 Å². The maximum Gasteiger partial charge on any atom is 0.326 e. The van der Waals surface area contributed by atoms with Gasteiger partial charge in [-0.1, -0.05) is 0 Å². The van der Waals surface area contributed by atoms with E-state index in [1.54, 1.807) is 0 Å². The lowest BCUT2D eigenvalue weighted by molar-refractivity contribution is -0.151. The highest BCUT2D eigenvalue weighted by molar-refractivity contribution is 5.81. The topological polar surface area (TPSA) is 50.8 Å². The summed E-state index contributed by atoms with van der Waals surface area (Å²) >= 11 is 0. The Hall–Kier alpha value is -0.650. The molecule has 0 aromatic rings. The quantitative estimate of drug-likeness (QED) is 0.775. The van der Waals surface area contributed by atoms with Gasteiger partial charge in [0.2, 0.25) is 0 Å². The molecule has 0 bridgehead atoms. The number of nitrogens with zero attached hydrogens (tertiary/aromatic N) is 1. The summed E-state index contributed by atoms with van der Waals surface area (Å²) in [6.07, 6.45) is 7.50. The van der Waals surface area contributed by atoms with E-state index in [4.69, 9.17) is 9.47 Å². The van der Waals surface area contributed by atoms with Crippen LogP contribution in [0.4, 0.5) is 0 Å². The zero-order valence-corrected chi connectivity index (χ0v) is 13.3. The molecule has 1 saturated heterocycles. The number of hydrogen-bond acceptors (Lipinski definition) is 5. The van der Waals surface area contributed by atoms with Crippen LogP contribution < -0.4 is 5.32 Å². The van der Waals surface area contributed by atoms with Crippen LogP contribution in [0.1, 0.15) is 44.9 Å². The number of carbonyl (C=O) groups is 1. The number of nitrogens with one attached hydrogen (secondary N) is 1. The van der Waals surface area contributed by atoms with E-state index in [-0.39, 0.29) is 5.97 Å². The summed E-state index contributed by atoms with van der Waals surface area (Å²) in [7, 11) is 3.70. The van der Waals surface area contributed by atoms with E-state index in [2.05, 4.69) is 17.3 Å². The number of ether oxygens (including phenoxy) is 2. The highest BCUT2D eigenvalue weighted by Gasteiger charge is 2.48. The first-order chi connectivity index (χ1) is 10.1. The normalized spacial score (nSPS) is 36.9. The molecule has 0 amide bonds. The molecule has 1 aliphatic heterocycles. The Labute approximate surface area is 127 Å². The Bertz CT molecular complexity index is 380. The van der Waals surface area contributed by atoms with Crippen molar-refractivity contribution in [3.63, 3.8) is 0 Å². The fraction of sp³-hybridized carbons (Fsp3) is 0.938. The summed E-state index contributed by atoms with van der Waals surface area (Å²) in [6, 6.07) is 1.46. The first-order valence-electron chi connectivity index (χ1n) is 8.30. The molecule has 1 heterocycles. The molecule has 2 aliphatic carbocycles. The second-order valence-corrected chi connectivity index (χ2v) is 6.93. The minimum atomic E-state index is -0.466. The van der Waals surface area contributed by atoms with Crippen LogP contribution in [0.15, 0.2) is 0 Å². The third-order valence-electron chi connectivity index (χ3n) is 5.42. The van der Waals surface area contributed by atoms with E-state index >= 15 is 0 Å². The predicted octanol–water partition coefficient (Wildman–Crippen LogP) is 1.31. The van der Waals surface area contributed by atoms with Crippen molar-refractivity contribution in [3.05, 3.63) is 0 Å². The molecule has 3 unspecified atom stereocenters. The minimum absolute atomic E-state index is 0.0739. The zero-order valence-electron chi connectivity index (χ0n) is 13.3. The summed E-state index contributed by atoms with van der Waals surface area (Å²) < 4.78 is 10.6. The molecule has 3 fully saturated rings. The molecule has 21 heavy (non-hydrogen) atoms. The van der Waals surface area contributed by atoms with Crippen molar-refractivity contribution in [1.29, 1.82) is 0 Å². The van der Waals surface area contributed by atoms with Crippen LogP contribution in [-0.2, 0) is 14.3 Å². The molecule has 2 saturated carbocycles. The molecule has 0 spiro atoms. The largest absolute Gasteiger partial charge is 0.468 e. The van der Waals surface area contributed by atoms with Crippen molar-refractivity contribution >= 4 is 5.97 Å².